The highest BCUT2D eigenvalue weighted by Gasteiger charge is 2.17. The molecule has 0 amide bonds. The van der Waals surface area contributed by atoms with Crippen molar-refractivity contribution in [2.45, 2.75) is 12.8 Å². The van der Waals surface area contributed by atoms with Gasteiger partial charge in [-0.1, -0.05) is 23.3 Å². The molecule has 2 rings (SSSR count). The maximum Gasteiger partial charge on any atom is 0.170 e. The fourth-order valence-electron chi connectivity index (χ4n) is 1.78. The lowest BCUT2D eigenvalue weighted by Crippen LogP contribution is -2.15. The van der Waals surface area contributed by atoms with Gasteiger partial charge in [0.2, 0.25) is 0 Å². The molecule has 1 aromatic carbocycles. The number of rotatable bonds is 4. The maximum absolute atomic E-state index is 11.7. The minimum Gasteiger partial charge on any atom is -0.492 e. The number of hydrogen-bond donors (Lipinski definition) is 0. The van der Waals surface area contributed by atoms with Crippen LogP contribution < -0.4 is 4.74 Å². The van der Waals surface area contributed by atoms with Gasteiger partial charge >= 0.3 is 0 Å². The summed E-state index contributed by atoms with van der Waals surface area (Å²) >= 11 is 0. The van der Waals surface area contributed by atoms with E-state index in [1.165, 1.54) is 0 Å². The number of carbonyl (C=O) groups excluding carboxylic acids is 1. The summed E-state index contributed by atoms with van der Waals surface area (Å²) in [7, 11) is 0. The Kier molecular flexibility index (Phi) is 3.99. The van der Waals surface area contributed by atoms with Crippen molar-refractivity contribution in [3.63, 3.8) is 0 Å². The van der Waals surface area contributed by atoms with Crippen LogP contribution in [0.5, 0.6) is 5.75 Å². The summed E-state index contributed by atoms with van der Waals surface area (Å²) in [6.45, 7) is 0.910. The number of benzene rings is 1. The Labute approximate surface area is 105 Å². The van der Waals surface area contributed by atoms with Crippen molar-refractivity contribution in [1.82, 2.24) is 0 Å². The van der Waals surface area contributed by atoms with Gasteiger partial charge in [-0.05, 0) is 29.6 Å². The third-order valence-corrected chi connectivity index (χ3v) is 2.66. The molecule has 18 heavy (non-hydrogen) atoms. The van der Waals surface area contributed by atoms with Crippen LogP contribution in [0, 0.1) is 0 Å². The Morgan fingerprint density at radius 2 is 2.39 bits per heavy atom. The molecule has 0 bridgehead atoms. The number of ether oxygens (including phenoxy) is 1. The van der Waals surface area contributed by atoms with Gasteiger partial charge < -0.3 is 4.74 Å². The second-order valence-electron chi connectivity index (χ2n) is 3.92. The van der Waals surface area contributed by atoms with Gasteiger partial charge in [-0.2, -0.15) is 0 Å². The number of nitrogens with zero attached hydrogens (tertiary/aromatic N) is 3. The zero-order valence-electron chi connectivity index (χ0n) is 9.87. The van der Waals surface area contributed by atoms with Gasteiger partial charge in [-0.15, -0.1) is 0 Å². The molecule has 1 aliphatic rings. The summed E-state index contributed by atoms with van der Waals surface area (Å²) in [4.78, 5) is 14.4. The van der Waals surface area contributed by atoms with E-state index in [9.17, 15) is 4.79 Å². The van der Waals surface area contributed by atoms with Crippen molar-refractivity contribution >= 4 is 11.9 Å². The Morgan fingerprint density at radius 1 is 1.50 bits per heavy atom. The van der Waals surface area contributed by atoms with Crippen molar-refractivity contribution in [3.05, 3.63) is 45.8 Å². The monoisotopic (exact) mass is 243 g/mol. The van der Waals surface area contributed by atoms with Crippen LogP contribution in [0.1, 0.15) is 28.8 Å². The standard InChI is InChI=1S/C13H13N3O2/c14-16-15-7-2-1-3-10-4-5-13-11(9-10)12(17)6-8-18-13/h1,3-5,9H,2,6-8H2. The Hall–Kier alpha value is -2.26. The first-order valence-electron chi connectivity index (χ1n) is 5.78. The first-order valence-corrected chi connectivity index (χ1v) is 5.78. The van der Waals surface area contributed by atoms with Crippen molar-refractivity contribution in [2.75, 3.05) is 13.2 Å². The van der Waals surface area contributed by atoms with Gasteiger partial charge in [0, 0.05) is 17.9 Å². The lowest BCUT2D eigenvalue weighted by atomic mass is 10.0. The van der Waals surface area contributed by atoms with Crippen LogP contribution in [0.2, 0.25) is 0 Å². The summed E-state index contributed by atoms with van der Waals surface area (Å²) in [6, 6.07) is 5.56. The SMILES string of the molecule is [N-]=[N+]=NCCC=Cc1ccc2c(c1)C(=O)CCO2. The first-order chi connectivity index (χ1) is 8.81. The predicted molar refractivity (Wildman–Crippen MR) is 68.5 cm³/mol. The van der Waals surface area contributed by atoms with Crippen LogP contribution in [0.25, 0.3) is 16.5 Å². The summed E-state index contributed by atoms with van der Waals surface area (Å²) in [5, 5.41) is 3.44. The number of Topliss-reactive ketones (excluding diaryl/α,β-unsaturated/α-hetero) is 1. The molecule has 0 saturated heterocycles. The third-order valence-electron chi connectivity index (χ3n) is 2.66. The molecule has 0 N–H and O–H groups in total. The molecule has 5 nitrogen and oxygen atoms in total. The zero-order valence-corrected chi connectivity index (χ0v) is 9.87. The van der Waals surface area contributed by atoms with E-state index in [0.717, 1.165) is 5.56 Å². The highest BCUT2D eigenvalue weighted by molar-refractivity contribution is 6.00. The molecule has 0 aromatic heterocycles. The molecular weight excluding hydrogens is 230 g/mol. The van der Waals surface area contributed by atoms with Gasteiger partial charge in [0.15, 0.2) is 5.78 Å². The van der Waals surface area contributed by atoms with Crippen LogP contribution in [0.4, 0.5) is 0 Å². The first kappa shape index (κ1) is 12.2. The third kappa shape index (κ3) is 2.90. The number of carbonyl (C=O) groups is 1. The number of ketones is 1. The van der Waals surface area contributed by atoms with Crippen molar-refractivity contribution in [3.8, 4) is 5.75 Å². The van der Waals surface area contributed by atoms with Crippen LogP contribution in [-0.2, 0) is 0 Å². The molecular formula is C13H13N3O2. The molecule has 1 aromatic rings. The average Bonchev–Trinajstić information content (AvgIpc) is 2.39. The highest BCUT2D eigenvalue weighted by Crippen LogP contribution is 2.26. The smallest absolute Gasteiger partial charge is 0.170 e. The summed E-state index contributed by atoms with van der Waals surface area (Å²) in [5.41, 5.74) is 9.73. The Bertz CT molecular complexity index is 531. The Morgan fingerprint density at radius 3 is 3.22 bits per heavy atom. The van der Waals surface area contributed by atoms with Gasteiger partial charge in [0.05, 0.1) is 12.2 Å². The van der Waals surface area contributed by atoms with E-state index in [1.54, 1.807) is 0 Å². The van der Waals surface area contributed by atoms with E-state index in [2.05, 4.69) is 10.0 Å². The fourth-order valence-corrected chi connectivity index (χ4v) is 1.78. The lowest BCUT2D eigenvalue weighted by molar-refractivity contribution is 0.0933. The minimum atomic E-state index is 0.126. The number of fused-ring (bicyclic) bond motifs is 1. The quantitative estimate of drug-likeness (QED) is 0.352. The fraction of sp³-hybridized carbons (Fsp3) is 0.308. The number of azide groups is 1. The molecule has 0 spiro atoms. The van der Waals surface area contributed by atoms with Crippen LogP contribution in [0.15, 0.2) is 29.4 Å². The van der Waals surface area contributed by atoms with E-state index in [4.69, 9.17) is 10.3 Å². The largest absolute Gasteiger partial charge is 0.492 e. The molecule has 0 saturated carbocycles. The number of hydrogen-bond acceptors (Lipinski definition) is 3. The van der Waals surface area contributed by atoms with Gasteiger partial charge in [0.1, 0.15) is 5.75 Å². The van der Waals surface area contributed by atoms with Crippen molar-refractivity contribution in [2.24, 2.45) is 5.11 Å². The lowest BCUT2D eigenvalue weighted by Gasteiger charge is -2.16. The minimum absolute atomic E-state index is 0.126. The molecule has 0 radical (unpaired) electrons. The zero-order chi connectivity index (χ0) is 12.8. The van der Waals surface area contributed by atoms with Crippen LogP contribution >= 0.6 is 0 Å². The van der Waals surface area contributed by atoms with Gasteiger partial charge in [-0.25, -0.2) is 0 Å². The molecule has 1 heterocycles. The van der Waals surface area contributed by atoms with Gasteiger partial charge in [0.25, 0.3) is 0 Å². The van der Waals surface area contributed by atoms with E-state index in [0.29, 0.717) is 37.3 Å². The van der Waals surface area contributed by atoms with E-state index in [-0.39, 0.29) is 5.78 Å². The predicted octanol–water partition coefficient (Wildman–Crippen LogP) is 3.37. The van der Waals surface area contributed by atoms with Gasteiger partial charge in [-0.3, -0.25) is 4.79 Å². The molecule has 0 aliphatic carbocycles. The highest BCUT2D eigenvalue weighted by atomic mass is 16.5. The average molecular weight is 243 g/mol. The topological polar surface area (TPSA) is 75.1 Å². The maximum atomic E-state index is 11.7. The second kappa shape index (κ2) is 5.89. The molecule has 92 valence electrons. The molecule has 0 fully saturated rings. The van der Waals surface area contributed by atoms with Crippen molar-refractivity contribution in [1.29, 1.82) is 0 Å². The summed E-state index contributed by atoms with van der Waals surface area (Å²) in [5.74, 6) is 0.790. The molecule has 0 unspecified atom stereocenters. The molecule has 1 aliphatic heterocycles. The normalized spacial score (nSPS) is 13.9. The van der Waals surface area contributed by atoms with E-state index >= 15 is 0 Å². The van der Waals surface area contributed by atoms with Crippen LogP contribution in [-0.4, -0.2) is 18.9 Å². The van der Waals surface area contributed by atoms with Crippen LogP contribution in [0.3, 0.4) is 0 Å². The van der Waals surface area contributed by atoms with Crippen molar-refractivity contribution < 1.29 is 9.53 Å². The molecule has 5 heteroatoms. The molecule has 0 atom stereocenters. The Balaban J connectivity index is 2.08. The van der Waals surface area contributed by atoms with E-state index < -0.39 is 0 Å². The summed E-state index contributed by atoms with van der Waals surface area (Å²) in [6.07, 6.45) is 4.96. The second-order valence-corrected chi connectivity index (χ2v) is 3.92. The van der Waals surface area contributed by atoms with E-state index in [1.807, 2.05) is 30.4 Å². The summed E-state index contributed by atoms with van der Waals surface area (Å²) < 4.78 is 5.41.